The summed E-state index contributed by atoms with van der Waals surface area (Å²) in [7, 11) is -0.0349. The van der Waals surface area contributed by atoms with Crippen LogP contribution >= 0.6 is 0 Å². The van der Waals surface area contributed by atoms with E-state index in [9.17, 15) is 13.2 Å². The molecule has 172 valence electrons. The number of nitrogens with one attached hydrogen (secondary N) is 2. The molecule has 0 aliphatic heterocycles. The lowest BCUT2D eigenvalue weighted by atomic mass is 10.1. The van der Waals surface area contributed by atoms with Crippen LogP contribution in [0.3, 0.4) is 0 Å². The average Bonchev–Trinajstić information content (AvgIpc) is 2.84. The molecule has 8 nitrogen and oxygen atoms in total. The summed E-state index contributed by atoms with van der Waals surface area (Å²) in [5.74, 6) is -0.424. The van der Waals surface area contributed by atoms with Crippen molar-refractivity contribution in [1.29, 1.82) is 0 Å². The van der Waals surface area contributed by atoms with Gasteiger partial charge < -0.3 is 4.90 Å². The first-order chi connectivity index (χ1) is 16.3. The van der Waals surface area contributed by atoms with Gasteiger partial charge in [0.2, 0.25) is 0 Å². The van der Waals surface area contributed by atoms with Crippen LogP contribution in [0.15, 0.2) is 95.1 Å². The molecule has 1 heterocycles. The Kier molecular flexibility index (Phi) is 6.55. The molecule has 0 bridgehead atoms. The first-order valence-corrected chi connectivity index (χ1v) is 11.9. The van der Waals surface area contributed by atoms with Gasteiger partial charge in [-0.05, 0) is 48.5 Å². The topological polar surface area (TPSA) is 104 Å². The molecule has 0 unspecified atom stereocenters. The second kappa shape index (κ2) is 9.72. The van der Waals surface area contributed by atoms with E-state index in [-0.39, 0.29) is 4.90 Å². The van der Waals surface area contributed by atoms with E-state index < -0.39 is 15.9 Å². The molecular weight excluding hydrogens is 450 g/mol. The molecule has 4 aromatic rings. The minimum atomic E-state index is -3.86. The van der Waals surface area contributed by atoms with Crippen LogP contribution in [-0.4, -0.2) is 39.6 Å². The van der Waals surface area contributed by atoms with Gasteiger partial charge in [0.25, 0.3) is 15.9 Å². The summed E-state index contributed by atoms with van der Waals surface area (Å²) in [4.78, 5) is 18.5. The van der Waals surface area contributed by atoms with Crippen molar-refractivity contribution in [1.82, 2.24) is 10.4 Å². The number of rotatable bonds is 7. The number of hydrogen-bond donors (Lipinski definition) is 2. The summed E-state index contributed by atoms with van der Waals surface area (Å²) in [6, 6.07) is 22.2. The lowest BCUT2D eigenvalue weighted by molar-refractivity contribution is 0.0955. The molecule has 4 rings (SSSR count). The third-order valence-corrected chi connectivity index (χ3v) is 6.52. The zero-order valence-electron chi connectivity index (χ0n) is 18.6. The molecule has 1 aromatic heterocycles. The second-order valence-corrected chi connectivity index (χ2v) is 9.31. The van der Waals surface area contributed by atoms with Crippen molar-refractivity contribution in [2.75, 3.05) is 23.7 Å². The molecule has 0 fully saturated rings. The maximum atomic E-state index is 13.2. The number of benzene rings is 3. The number of carbonyl (C=O) groups excluding carboxylic acids is 1. The van der Waals surface area contributed by atoms with E-state index >= 15 is 0 Å². The largest absolute Gasteiger partial charge is 0.377 e. The zero-order chi connectivity index (χ0) is 24.1. The fraction of sp³-hybridized carbons (Fsp3) is 0.0800. The van der Waals surface area contributed by atoms with E-state index in [2.05, 4.69) is 20.2 Å². The van der Waals surface area contributed by atoms with Crippen LogP contribution in [0, 0.1) is 0 Å². The van der Waals surface area contributed by atoms with Crippen molar-refractivity contribution in [3.05, 3.63) is 96.3 Å². The van der Waals surface area contributed by atoms with E-state index in [1.54, 1.807) is 36.5 Å². The lowest BCUT2D eigenvalue weighted by Gasteiger charge is -2.17. The number of hydrogen-bond acceptors (Lipinski definition) is 6. The molecule has 0 atom stereocenters. The van der Waals surface area contributed by atoms with E-state index in [1.807, 2.05) is 43.3 Å². The summed E-state index contributed by atoms with van der Waals surface area (Å²) in [6.07, 6.45) is 3.06. The van der Waals surface area contributed by atoms with Crippen molar-refractivity contribution < 1.29 is 13.2 Å². The van der Waals surface area contributed by atoms with Crippen molar-refractivity contribution in [3.8, 4) is 0 Å². The Hall–Kier alpha value is -4.24. The van der Waals surface area contributed by atoms with Gasteiger partial charge in [0.15, 0.2) is 0 Å². The number of aromatic nitrogens is 1. The van der Waals surface area contributed by atoms with Crippen molar-refractivity contribution >= 4 is 44.3 Å². The van der Waals surface area contributed by atoms with Crippen molar-refractivity contribution in [2.24, 2.45) is 5.10 Å². The lowest BCUT2D eigenvalue weighted by Crippen LogP contribution is -2.18. The molecule has 34 heavy (non-hydrogen) atoms. The van der Waals surface area contributed by atoms with Crippen LogP contribution in [0.5, 0.6) is 0 Å². The Morgan fingerprint density at radius 1 is 0.912 bits per heavy atom. The monoisotopic (exact) mass is 473 g/mol. The molecule has 0 saturated carbocycles. The number of anilines is 2. The summed E-state index contributed by atoms with van der Waals surface area (Å²) in [5, 5.41) is 5.35. The molecular formula is C25H23N5O3S. The minimum absolute atomic E-state index is 0.180. The Bertz CT molecular complexity index is 1450. The summed E-state index contributed by atoms with van der Waals surface area (Å²) >= 11 is 0. The number of carbonyl (C=O) groups is 1. The highest BCUT2D eigenvalue weighted by Gasteiger charge is 2.19. The standard InChI is InChI=1S/C25H23N5O3S/c1-30(2)23-10-5-9-22-21(23)8-6-11-24(22)34(32,33)29-19-14-12-18(13-15-19)25(31)28-27-17-20-7-3-4-16-26-20/h3-17,29H,1-2H3,(H,28,31)/b27-17+. The third kappa shape index (κ3) is 5.05. The maximum Gasteiger partial charge on any atom is 0.271 e. The van der Waals surface area contributed by atoms with E-state index in [0.717, 1.165) is 11.1 Å². The molecule has 1 amide bonds. The summed E-state index contributed by atoms with van der Waals surface area (Å²) in [6.45, 7) is 0. The smallest absolute Gasteiger partial charge is 0.271 e. The highest BCUT2D eigenvalue weighted by molar-refractivity contribution is 7.93. The van der Waals surface area contributed by atoms with E-state index in [0.29, 0.717) is 22.3 Å². The van der Waals surface area contributed by atoms with Gasteiger partial charge >= 0.3 is 0 Å². The molecule has 0 radical (unpaired) electrons. The first-order valence-electron chi connectivity index (χ1n) is 10.4. The van der Waals surface area contributed by atoms with Crippen LogP contribution in [0.4, 0.5) is 11.4 Å². The van der Waals surface area contributed by atoms with Gasteiger partial charge in [0.1, 0.15) is 0 Å². The molecule has 2 N–H and O–H groups in total. The Balaban J connectivity index is 1.50. The second-order valence-electron chi connectivity index (χ2n) is 7.66. The first kappa shape index (κ1) is 22.9. The quantitative estimate of drug-likeness (QED) is 0.313. The molecule has 0 aliphatic carbocycles. The van der Waals surface area contributed by atoms with Crippen LogP contribution in [0.1, 0.15) is 16.1 Å². The van der Waals surface area contributed by atoms with Gasteiger partial charge in [-0.15, -0.1) is 0 Å². The number of nitrogens with zero attached hydrogens (tertiary/aromatic N) is 3. The average molecular weight is 474 g/mol. The highest BCUT2D eigenvalue weighted by atomic mass is 32.2. The van der Waals surface area contributed by atoms with Gasteiger partial charge in [-0.25, -0.2) is 13.8 Å². The third-order valence-electron chi connectivity index (χ3n) is 5.08. The Labute approximate surface area is 198 Å². The van der Waals surface area contributed by atoms with Crippen molar-refractivity contribution in [3.63, 3.8) is 0 Å². The van der Waals surface area contributed by atoms with Crippen LogP contribution in [0.2, 0.25) is 0 Å². The molecule has 3 aromatic carbocycles. The summed E-state index contributed by atoms with van der Waals surface area (Å²) in [5.41, 5.74) is 4.64. The maximum absolute atomic E-state index is 13.2. The Morgan fingerprint density at radius 3 is 2.35 bits per heavy atom. The van der Waals surface area contributed by atoms with Crippen LogP contribution in [0.25, 0.3) is 10.8 Å². The van der Waals surface area contributed by atoms with Crippen LogP contribution in [-0.2, 0) is 10.0 Å². The van der Waals surface area contributed by atoms with Gasteiger partial charge in [-0.1, -0.05) is 30.3 Å². The van der Waals surface area contributed by atoms with E-state index in [1.165, 1.54) is 30.5 Å². The molecule has 0 aliphatic rings. The summed E-state index contributed by atoms with van der Waals surface area (Å²) < 4.78 is 28.9. The molecule has 0 spiro atoms. The minimum Gasteiger partial charge on any atom is -0.377 e. The number of sulfonamides is 1. The Morgan fingerprint density at radius 2 is 1.65 bits per heavy atom. The number of pyridine rings is 1. The number of fused-ring (bicyclic) bond motifs is 1. The number of amides is 1. The number of hydrazone groups is 1. The van der Waals surface area contributed by atoms with Gasteiger partial charge in [0.05, 0.1) is 16.8 Å². The normalized spacial score (nSPS) is 11.5. The molecule has 9 heteroatoms. The van der Waals surface area contributed by atoms with Gasteiger partial charge in [-0.2, -0.15) is 5.10 Å². The predicted molar refractivity (Wildman–Crippen MR) is 135 cm³/mol. The fourth-order valence-electron chi connectivity index (χ4n) is 3.46. The SMILES string of the molecule is CN(C)c1cccc2c(S(=O)(=O)Nc3ccc(C(=O)N/N=C/c4ccccn4)cc3)cccc12. The fourth-order valence-corrected chi connectivity index (χ4v) is 4.74. The zero-order valence-corrected chi connectivity index (χ0v) is 19.5. The van der Waals surface area contributed by atoms with E-state index in [4.69, 9.17) is 0 Å². The van der Waals surface area contributed by atoms with Gasteiger partial charge in [-0.3, -0.25) is 14.5 Å². The molecule has 0 saturated heterocycles. The van der Waals surface area contributed by atoms with Crippen molar-refractivity contribution in [2.45, 2.75) is 4.90 Å². The predicted octanol–water partition coefficient (Wildman–Crippen LogP) is 3.87. The van der Waals surface area contributed by atoms with Crippen LogP contribution < -0.4 is 15.0 Å². The highest BCUT2D eigenvalue weighted by Crippen LogP contribution is 2.31. The van der Waals surface area contributed by atoms with Gasteiger partial charge in [0, 0.05) is 48.0 Å².